The number of thiazole rings is 1. The van der Waals surface area contributed by atoms with E-state index in [2.05, 4.69) is 10.3 Å². The molecule has 25 heavy (non-hydrogen) atoms. The number of carboxylic acid groups (broad SMARTS) is 1. The van der Waals surface area contributed by atoms with E-state index < -0.39 is 27.9 Å². The molecular weight excluding hydrogens is 370 g/mol. The van der Waals surface area contributed by atoms with Gasteiger partial charge in [-0.25, -0.2) is 22.5 Å². The number of aryl methyl sites for hydroxylation is 1. The second kappa shape index (κ2) is 6.94. The SMILES string of the molecule is Cc1nc(C(C)NC(=O)c2coc(S(=O)(=O)N(C)C)c2)sc1C(=O)O. The third-order valence-corrected chi connectivity index (χ3v) is 6.31. The fourth-order valence-corrected chi connectivity index (χ4v) is 3.61. The Balaban J connectivity index is 2.16. The Morgan fingerprint density at radius 2 is 2.04 bits per heavy atom. The number of furan rings is 1. The maximum absolute atomic E-state index is 12.2. The molecule has 0 bridgehead atoms. The van der Waals surface area contributed by atoms with Crippen molar-refractivity contribution in [2.45, 2.75) is 25.0 Å². The summed E-state index contributed by atoms with van der Waals surface area (Å²) in [5.41, 5.74) is 0.412. The molecule has 136 valence electrons. The fraction of sp³-hybridized carbons (Fsp3) is 0.357. The number of carboxylic acids is 1. The van der Waals surface area contributed by atoms with E-state index in [1.165, 1.54) is 14.1 Å². The second-order valence-electron chi connectivity index (χ2n) is 5.41. The van der Waals surface area contributed by atoms with Crippen molar-refractivity contribution in [1.29, 1.82) is 0 Å². The van der Waals surface area contributed by atoms with Crippen LogP contribution in [0.3, 0.4) is 0 Å². The van der Waals surface area contributed by atoms with Crippen LogP contribution in [0.4, 0.5) is 0 Å². The molecule has 1 unspecified atom stereocenters. The quantitative estimate of drug-likeness (QED) is 0.768. The molecule has 0 saturated heterocycles. The summed E-state index contributed by atoms with van der Waals surface area (Å²) in [7, 11) is -1.07. The Morgan fingerprint density at radius 3 is 2.56 bits per heavy atom. The van der Waals surface area contributed by atoms with Crippen LogP contribution in [-0.4, -0.2) is 48.8 Å². The molecule has 0 spiro atoms. The summed E-state index contributed by atoms with van der Waals surface area (Å²) in [5, 5.41) is 11.8. The summed E-state index contributed by atoms with van der Waals surface area (Å²) >= 11 is 0.975. The predicted octanol–water partition coefficient (Wildman–Crippen LogP) is 1.48. The third kappa shape index (κ3) is 3.89. The lowest BCUT2D eigenvalue weighted by molar-refractivity contribution is 0.0700. The number of nitrogens with one attached hydrogen (secondary N) is 1. The fourth-order valence-electron chi connectivity index (χ4n) is 1.89. The van der Waals surface area contributed by atoms with Gasteiger partial charge in [0.1, 0.15) is 16.1 Å². The number of carbonyl (C=O) groups excluding carboxylic acids is 1. The zero-order valence-electron chi connectivity index (χ0n) is 13.9. The van der Waals surface area contributed by atoms with Crippen LogP contribution < -0.4 is 5.32 Å². The number of sulfonamides is 1. The van der Waals surface area contributed by atoms with Crippen LogP contribution in [-0.2, 0) is 10.0 Å². The Kier molecular flexibility index (Phi) is 5.30. The summed E-state index contributed by atoms with van der Waals surface area (Å²) in [5.74, 6) is -1.63. The van der Waals surface area contributed by atoms with Gasteiger partial charge in [0.15, 0.2) is 0 Å². The molecule has 2 N–H and O–H groups in total. The van der Waals surface area contributed by atoms with Gasteiger partial charge in [-0.1, -0.05) is 0 Å². The largest absolute Gasteiger partial charge is 0.477 e. The minimum absolute atomic E-state index is 0.0408. The van der Waals surface area contributed by atoms with Gasteiger partial charge in [0.2, 0.25) is 5.09 Å². The summed E-state index contributed by atoms with van der Waals surface area (Å²) in [6.45, 7) is 3.23. The first kappa shape index (κ1) is 19.1. The molecule has 0 aliphatic heterocycles. The number of hydrogen-bond acceptors (Lipinski definition) is 7. The normalized spacial score (nSPS) is 13.0. The number of nitrogens with zero attached hydrogens (tertiary/aromatic N) is 2. The molecule has 11 heteroatoms. The molecule has 2 aromatic heterocycles. The van der Waals surface area contributed by atoms with E-state index in [1.54, 1.807) is 13.8 Å². The third-order valence-electron chi connectivity index (χ3n) is 3.30. The zero-order valence-corrected chi connectivity index (χ0v) is 15.6. The molecule has 0 aliphatic carbocycles. The van der Waals surface area contributed by atoms with Gasteiger partial charge in [-0.05, 0) is 13.8 Å². The van der Waals surface area contributed by atoms with Crippen LogP contribution >= 0.6 is 11.3 Å². The van der Waals surface area contributed by atoms with Gasteiger partial charge >= 0.3 is 5.97 Å². The molecule has 0 radical (unpaired) electrons. The molecule has 2 heterocycles. The van der Waals surface area contributed by atoms with Gasteiger partial charge in [0.25, 0.3) is 15.9 Å². The summed E-state index contributed by atoms with van der Waals surface area (Å²) < 4.78 is 29.9. The van der Waals surface area contributed by atoms with E-state index in [9.17, 15) is 18.0 Å². The molecule has 9 nitrogen and oxygen atoms in total. The number of rotatable bonds is 6. The van der Waals surface area contributed by atoms with Crippen LogP contribution in [0.2, 0.25) is 0 Å². The van der Waals surface area contributed by atoms with Gasteiger partial charge in [0.05, 0.1) is 17.3 Å². The average molecular weight is 387 g/mol. The van der Waals surface area contributed by atoms with Gasteiger partial charge in [-0.15, -0.1) is 11.3 Å². The maximum Gasteiger partial charge on any atom is 0.347 e. The highest BCUT2D eigenvalue weighted by molar-refractivity contribution is 7.88. The van der Waals surface area contributed by atoms with Crippen molar-refractivity contribution >= 4 is 33.2 Å². The Bertz CT molecular complexity index is 913. The molecule has 0 saturated carbocycles. The highest BCUT2D eigenvalue weighted by Gasteiger charge is 2.25. The summed E-state index contributed by atoms with van der Waals surface area (Å²) in [6, 6.07) is 0.584. The topological polar surface area (TPSA) is 130 Å². The molecule has 0 fully saturated rings. The molecular formula is C14H17N3O6S2. The van der Waals surface area contributed by atoms with E-state index in [0.29, 0.717) is 10.7 Å². The second-order valence-corrected chi connectivity index (χ2v) is 8.52. The Morgan fingerprint density at radius 1 is 1.40 bits per heavy atom. The van der Waals surface area contributed by atoms with E-state index in [4.69, 9.17) is 9.52 Å². The molecule has 1 amide bonds. The smallest absolute Gasteiger partial charge is 0.347 e. The van der Waals surface area contributed by atoms with Gasteiger partial charge in [0, 0.05) is 20.2 Å². The van der Waals surface area contributed by atoms with Crippen molar-refractivity contribution in [2.75, 3.05) is 14.1 Å². The summed E-state index contributed by atoms with van der Waals surface area (Å²) in [4.78, 5) is 27.6. The summed E-state index contributed by atoms with van der Waals surface area (Å²) in [6.07, 6.45) is 1.05. The lowest BCUT2D eigenvalue weighted by Crippen LogP contribution is -2.26. The van der Waals surface area contributed by atoms with Crippen LogP contribution in [0.5, 0.6) is 0 Å². The number of hydrogen-bond donors (Lipinski definition) is 2. The van der Waals surface area contributed by atoms with Crippen molar-refractivity contribution in [3.8, 4) is 0 Å². The molecule has 1 atom stereocenters. The Hall–Kier alpha value is -2.24. The zero-order chi connectivity index (χ0) is 18.9. The lowest BCUT2D eigenvalue weighted by Gasteiger charge is -2.10. The minimum Gasteiger partial charge on any atom is -0.477 e. The van der Waals surface area contributed by atoms with E-state index >= 15 is 0 Å². The first-order chi connectivity index (χ1) is 11.5. The lowest BCUT2D eigenvalue weighted by atomic mass is 10.3. The molecule has 2 rings (SSSR count). The van der Waals surface area contributed by atoms with Crippen molar-refractivity contribution in [1.82, 2.24) is 14.6 Å². The van der Waals surface area contributed by atoms with Crippen LogP contribution in [0.1, 0.15) is 43.7 Å². The van der Waals surface area contributed by atoms with Crippen molar-refractivity contribution in [3.63, 3.8) is 0 Å². The molecule has 0 aliphatic rings. The number of carbonyl (C=O) groups is 2. The van der Waals surface area contributed by atoms with Crippen molar-refractivity contribution in [2.24, 2.45) is 0 Å². The Labute approximate surface area is 148 Å². The van der Waals surface area contributed by atoms with Gasteiger partial charge in [-0.2, -0.15) is 0 Å². The average Bonchev–Trinajstić information content (AvgIpc) is 3.13. The molecule has 0 aromatic carbocycles. The van der Waals surface area contributed by atoms with Crippen molar-refractivity contribution in [3.05, 3.63) is 33.5 Å². The van der Waals surface area contributed by atoms with E-state index in [0.717, 1.165) is 28.0 Å². The minimum atomic E-state index is -3.77. The monoisotopic (exact) mass is 387 g/mol. The first-order valence-electron chi connectivity index (χ1n) is 7.06. The van der Waals surface area contributed by atoms with Gasteiger partial charge in [-0.3, -0.25) is 4.79 Å². The number of aromatic carboxylic acids is 1. The van der Waals surface area contributed by atoms with Crippen LogP contribution in [0.15, 0.2) is 21.8 Å². The number of aromatic nitrogens is 1. The predicted molar refractivity (Wildman–Crippen MR) is 89.3 cm³/mol. The first-order valence-corrected chi connectivity index (χ1v) is 9.32. The van der Waals surface area contributed by atoms with Crippen molar-refractivity contribution < 1.29 is 27.5 Å². The van der Waals surface area contributed by atoms with Gasteiger partial charge < -0.3 is 14.8 Å². The maximum atomic E-state index is 12.2. The molecule has 2 aromatic rings. The highest BCUT2D eigenvalue weighted by Crippen LogP contribution is 2.24. The standard InChI is InChI=1S/C14H17N3O6S2/c1-7-11(14(19)20)24-13(16-7)8(2)15-12(18)9-5-10(23-6-9)25(21,22)17(3)4/h5-6,8H,1-4H3,(H,15,18)(H,19,20). The van der Waals surface area contributed by atoms with Crippen LogP contribution in [0, 0.1) is 6.92 Å². The van der Waals surface area contributed by atoms with Crippen LogP contribution in [0.25, 0.3) is 0 Å². The van der Waals surface area contributed by atoms with E-state index in [-0.39, 0.29) is 15.5 Å². The highest BCUT2D eigenvalue weighted by atomic mass is 32.2. The number of amides is 1. The van der Waals surface area contributed by atoms with E-state index in [1.807, 2.05) is 0 Å².